The summed E-state index contributed by atoms with van der Waals surface area (Å²) in [6.45, 7) is 4.55. The van der Waals surface area contributed by atoms with Crippen molar-refractivity contribution in [2.24, 2.45) is 5.92 Å². The van der Waals surface area contributed by atoms with Crippen LogP contribution in [0.2, 0.25) is 0 Å². The summed E-state index contributed by atoms with van der Waals surface area (Å²) in [6, 6.07) is 5.32. The number of piperidine rings is 1. The fourth-order valence-electron chi connectivity index (χ4n) is 2.94. The molecule has 1 saturated heterocycles. The second kappa shape index (κ2) is 4.99. The SMILES string of the molecule is CC1CCC(C)N(S(=O)(=O)c2c(N)nc3ccccn23)C1. The van der Waals surface area contributed by atoms with Crippen molar-refractivity contribution in [1.82, 2.24) is 13.7 Å². The molecule has 1 fully saturated rings. The van der Waals surface area contributed by atoms with E-state index in [9.17, 15) is 8.42 Å². The van der Waals surface area contributed by atoms with Gasteiger partial charge in [-0.3, -0.25) is 4.40 Å². The van der Waals surface area contributed by atoms with Crippen LogP contribution in [0.5, 0.6) is 0 Å². The molecular weight excluding hydrogens is 288 g/mol. The lowest BCUT2D eigenvalue weighted by molar-refractivity contribution is 0.217. The number of nitrogens with zero attached hydrogens (tertiary/aromatic N) is 3. The Balaban J connectivity index is 2.14. The number of nitrogen functional groups attached to an aromatic ring is 1. The zero-order chi connectivity index (χ0) is 15.2. The van der Waals surface area contributed by atoms with Gasteiger partial charge in [-0.05, 0) is 37.8 Å². The summed E-state index contributed by atoms with van der Waals surface area (Å²) in [5.74, 6) is 0.419. The number of fused-ring (bicyclic) bond motifs is 1. The first-order valence-electron chi connectivity index (χ1n) is 7.15. The highest BCUT2D eigenvalue weighted by molar-refractivity contribution is 7.89. The molecule has 0 aromatic carbocycles. The molecule has 6 nitrogen and oxygen atoms in total. The third-order valence-electron chi connectivity index (χ3n) is 4.12. The van der Waals surface area contributed by atoms with E-state index in [1.165, 1.54) is 0 Å². The lowest BCUT2D eigenvalue weighted by Gasteiger charge is -2.35. The number of sulfonamides is 1. The van der Waals surface area contributed by atoms with Crippen molar-refractivity contribution in [3.8, 4) is 0 Å². The van der Waals surface area contributed by atoms with Crippen LogP contribution < -0.4 is 5.73 Å². The maximum absolute atomic E-state index is 13.0. The molecule has 0 amide bonds. The number of hydrogen-bond donors (Lipinski definition) is 1. The van der Waals surface area contributed by atoms with Crippen LogP contribution >= 0.6 is 0 Å². The zero-order valence-corrected chi connectivity index (χ0v) is 13.0. The molecular formula is C14H20N4O2S. The summed E-state index contributed by atoms with van der Waals surface area (Å²) >= 11 is 0. The van der Waals surface area contributed by atoms with Gasteiger partial charge in [-0.25, -0.2) is 13.4 Å². The van der Waals surface area contributed by atoms with Gasteiger partial charge in [0.05, 0.1) is 0 Å². The lowest BCUT2D eigenvalue weighted by Crippen LogP contribution is -2.45. The maximum atomic E-state index is 13.0. The summed E-state index contributed by atoms with van der Waals surface area (Å²) in [5.41, 5.74) is 6.44. The summed E-state index contributed by atoms with van der Waals surface area (Å²) in [5, 5.41) is 0.0825. The van der Waals surface area contributed by atoms with Gasteiger partial charge in [-0.2, -0.15) is 4.31 Å². The Kier molecular flexibility index (Phi) is 3.41. The van der Waals surface area contributed by atoms with Gasteiger partial charge in [0.1, 0.15) is 5.65 Å². The minimum atomic E-state index is -3.65. The average molecular weight is 308 g/mol. The van der Waals surface area contributed by atoms with E-state index in [2.05, 4.69) is 11.9 Å². The van der Waals surface area contributed by atoms with E-state index in [-0.39, 0.29) is 16.9 Å². The van der Waals surface area contributed by atoms with Gasteiger partial charge in [0.25, 0.3) is 10.0 Å². The minimum absolute atomic E-state index is 0.0140. The predicted molar refractivity (Wildman–Crippen MR) is 81.4 cm³/mol. The van der Waals surface area contributed by atoms with Crippen LogP contribution in [0.1, 0.15) is 26.7 Å². The number of hydrogen-bond acceptors (Lipinski definition) is 4. The van der Waals surface area contributed by atoms with Gasteiger partial charge in [0, 0.05) is 18.8 Å². The second-order valence-corrected chi connectivity index (χ2v) is 7.64. The average Bonchev–Trinajstić information content (AvgIpc) is 2.77. The summed E-state index contributed by atoms with van der Waals surface area (Å²) in [4.78, 5) is 4.15. The number of nitrogens with two attached hydrogens (primary N) is 1. The van der Waals surface area contributed by atoms with Crippen molar-refractivity contribution in [1.29, 1.82) is 0 Å². The first-order chi connectivity index (χ1) is 9.91. The van der Waals surface area contributed by atoms with Crippen LogP contribution in [0.15, 0.2) is 29.4 Å². The fourth-order valence-corrected chi connectivity index (χ4v) is 4.91. The third-order valence-corrected chi connectivity index (χ3v) is 6.15. The molecule has 2 aromatic rings. The number of anilines is 1. The molecule has 2 aromatic heterocycles. The lowest BCUT2D eigenvalue weighted by atomic mass is 9.97. The molecule has 7 heteroatoms. The van der Waals surface area contributed by atoms with Crippen molar-refractivity contribution in [2.45, 2.75) is 37.8 Å². The Labute approximate surface area is 124 Å². The molecule has 2 N–H and O–H groups in total. The van der Waals surface area contributed by atoms with Crippen LogP contribution in [0, 0.1) is 5.92 Å². The van der Waals surface area contributed by atoms with E-state index >= 15 is 0 Å². The Morgan fingerprint density at radius 3 is 2.81 bits per heavy atom. The van der Waals surface area contributed by atoms with Gasteiger partial charge < -0.3 is 5.73 Å². The molecule has 1 aliphatic rings. The number of imidazole rings is 1. The molecule has 2 unspecified atom stereocenters. The predicted octanol–water partition coefficient (Wildman–Crippen LogP) is 1.73. The molecule has 0 aliphatic carbocycles. The molecule has 2 atom stereocenters. The summed E-state index contributed by atoms with van der Waals surface area (Å²) < 4.78 is 29.2. The summed E-state index contributed by atoms with van der Waals surface area (Å²) in [6.07, 6.45) is 3.61. The van der Waals surface area contributed by atoms with Crippen LogP contribution in [-0.2, 0) is 10.0 Å². The van der Waals surface area contributed by atoms with Crippen molar-refractivity contribution >= 4 is 21.5 Å². The molecule has 3 heterocycles. The fraction of sp³-hybridized carbons (Fsp3) is 0.500. The van der Waals surface area contributed by atoms with Gasteiger partial charge in [0.15, 0.2) is 10.8 Å². The molecule has 3 rings (SSSR count). The quantitative estimate of drug-likeness (QED) is 0.916. The van der Waals surface area contributed by atoms with Crippen LogP contribution in [-0.4, -0.2) is 34.7 Å². The normalized spacial score (nSPS) is 24.5. The van der Waals surface area contributed by atoms with E-state index in [0.717, 1.165) is 12.8 Å². The smallest absolute Gasteiger partial charge is 0.263 e. The van der Waals surface area contributed by atoms with E-state index in [0.29, 0.717) is 18.1 Å². The Hall–Kier alpha value is -1.60. The Morgan fingerprint density at radius 2 is 2.05 bits per heavy atom. The molecule has 0 bridgehead atoms. The van der Waals surface area contributed by atoms with Crippen molar-refractivity contribution in [2.75, 3.05) is 12.3 Å². The van der Waals surface area contributed by atoms with E-state index in [1.54, 1.807) is 27.0 Å². The first-order valence-corrected chi connectivity index (χ1v) is 8.59. The van der Waals surface area contributed by atoms with E-state index in [4.69, 9.17) is 5.73 Å². The monoisotopic (exact) mass is 308 g/mol. The number of rotatable bonds is 2. The molecule has 114 valence electrons. The minimum Gasteiger partial charge on any atom is -0.381 e. The van der Waals surface area contributed by atoms with Crippen molar-refractivity contribution in [3.63, 3.8) is 0 Å². The Bertz CT molecular complexity index is 768. The highest BCUT2D eigenvalue weighted by Gasteiger charge is 2.36. The van der Waals surface area contributed by atoms with Crippen molar-refractivity contribution in [3.05, 3.63) is 24.4 Å². The number of pyridine rings is 1. The highest BCUT2D eigenvalue weighted by Crippen LogP contribution is 2.30. The highest BCUT2D eigenvalue weighted by atomic mass is 32.2. The standard InChI is InChI=1S/C14H20N4O2S/c1-10-6-7-11(2)18(9-10)21(19,20)14-13(15)16-12-5-3-4-8-17(12)14/h3-5,8,10-11H,6-7,9,15H2,1-2H3. The largest absolute Gasteiger partial charge is 0.381 e. The first kappa shape index (κ1) is 14.3. The number of aromatic nitrogens is 2. The summed E-state index contributed by atoms with van der Waals surface area (Å²) in [7, 11) is -3.65. The van der Waals surface area contributed by atoms with E-state index < -0.39 is 10.0 Å². The second-order valence-electron chi connectivity index (χ2n) is 5.84. The van der Waals surface area contributed by atoms with Crippen LogP contribution in [0.3, 0.4) is 0 Å². The third kappa shape index (κ3) is 2.30. The maximum Gasteiger partial charge on any atom is 0.263 e. The van der Waals surface area contributed by atoms with E-state index in [1.807, 2.05) is 13.0 Å². The van der Waals surface area contributed by atoms with Gasteiger partial charge in [-0.15, -0.1) is 0 Å². The topological polar surface area (TPSA) is 80.7 Å². The molecule has 0 saturated carbocycles. The van der Waals surface area contributed by atoms with Crippen LogP contribution in [0.4, 0.5) is 5.82 Å². The van der Waals surface area contributed by atoms with Crippen LogP contribution in [0.25, 0.3) is 5.65 Å². The zero-order valence-electron chi connectivity index (χ0n) is 12.2. The molecule has 0 spiro atoms. The molecule has 1 aliphatic heterocycles. The van der Waals surface area contributed by atoms with Gasteiger partial charge in [0.2, 0.25) is 0 Å². The van der Waals surface area contributed by atoms with Crippen molar-refractivity contribution < 1.29 is 8.42 Å². The van der Waals surface area contributed by atoms with Gasteiger partial charge >= 0.3 is 0 Å². The molecule has 21 heavy (non-hydrogen) atoms. The Morgan fingerprint density at radius 1 is 1.29 bits per heavy atom. The van der Waals surface area contributed by atoms with Gasteiger partial charge in [-0.1, -0.05) is 13.0 Å². The molecule has 0 radical (unpaired) electrons.